The number of carbonyl (C=O) groups excluding carboxylic acids is 2. The molecule has 4 saturated carbocycles. The van der Waals surface area contributed by atoms with Crippen LogP contribution in [-0.2, 0) is 20.7 Å². The van der Waals surface area contributed by atoms with Gasteiger partial charge in [-0.05, 0) is 79.9 Å². The summed E-state index contributed by atoms with van der Waals surface area (Å²) in [5.41, 5.74) is 2.55. The second-order valence-electron chi connectivity index (χ2n) is 11.7. The van der Waals surface area contributed by atoms with Crippen LogP contribution >= 0.6 is 0 Å². The van der Waals surface area contributed by atoms with E-state index in [1.54, 1.807) is 12.3 Å². The number of carboxylic acids is 1. The number of H-pyrrole nitrogens is 1. The Morgan fingerprint density at radius 3 is 2.33 bits per heavy atom. The van der Waals surface area contributed by atoms with Crippen molar-refractivity contribution in [3.63, 3.8) is 0 Å². The van der Waals surface area contributed by atoms with Gasteiger partial charge in [-0.3, -0.25) is 14.9 Å². The molecule has 8 heteroatoms. The minimum atomic E-state index is -1.02. The fourth-order valence-electron chi connectivity index (χ4n) is 7.40. The van der Waals surface area contributed by atoms with E-state index in [4.69, 9.17) is 4.74 Å². The predicted molar refractivity (Wildman–Crippen MR) is 151 cm³/mol. The number of benzene rings is 2. The van der Waals surface area contributed by atoms with Crippen molar-refractivity contribution >= 4 is 34.9 Å². The molecule has 2 aromatic carbocycles. The largest absolute Gasteiger partial charge is 0.481 e. The molecule has 2 amide bonds. The standard InChI is InChI=1S/C32H35N3O5/c36-29(37)17-25(15-19-6-2-1-3-7-19)34-31(38)28(16-24-18-33-27-9-5-4-8-26(24)27)35-32(39)40-30-22-11-20-10-21(13-22)14-23(30)12-20/h1-9,16,18,20-23,25,30,33H,10-15,17H2,(H,34,38)(H,35,39)(H,36,37)/b28-16+. The van der Waals surface area contributed by atoms with Crippen LogP contribution in [0.1, 0.15) is 49.7 Å². The molecule has 4 aliphatic rings. The molecule has 1 unspecified atom stereocenters. The summed E-state index contributed by atoms with van der Waals surface area (Å²) in [6.45, 7) is 0. The maximum Gasteiger partial charge on any atom is 0.412 e. The summed E-state index contributed by atoms with van der Waals surface area (Å²) in [5.74, 6) is 0.714. The van der Waals surface area contributed by atoms with Crippen molar-refractivity contribution < 1.29 is 24.2 Å². The van der Waals surface area contributed by atoms with Crippen LogP contribution < -0.4 is 10.6 Å². The minimum absolute atomic E-state index is 0.0158. The van der Waals surface area contributed by atoms with Crippen molar-refractivity contribution in [3.05, 3.63) is 77.6 Å². The smallest absolute Gasteiger partial charge is 0.412 e. The zero-order valence-corrected chi connectivity index (χ0v) is 22.3. The molecule has 8 nitrogen and oxygen atoms in total. The normalized spacial score (nSPS) is 25.9. The van der Waals surface area contributed by atoms with Crippen LogP contribution in [0.4, 0.5) is 4.79 Å². The number of alkyl carbamates (subject to hydrolysis) is 1. The lowest BCUT2D eigenvalue weighted by Gasteiger charge is -2.53. The second-order valence-corrected chi connectivity index (χ2v) is 11.7. The number of para-hydroxylation sites is 1. The molecule has 4 bridgehead atoms. The van der Waals surface area contributed by atoms with Crippen molar-refractivity contribution in [2.45, 2.75) is 57.1 Å². The van der Waals surface area contributed by atoms with Crippen molar-refractivity contribution in [2.75, 3.05) is 0 Å². The van der Waals surface area contributed by atoms with E-state index in [1.807, 2.05) is 54.6 Å². The fraction of sp³-hybridized carbons (Fsp3) is 0.406. The van der Waals surface area contributed by atoms with E-state index < -0.39 is 24.0 Å². The van der Waals surface area contributed by atoms with Crippen molar-refractivity contribution in [2.24, 2.45) is 23.7 Å². The van der Waals surface area contributed by atoms with Gasteiger partial charge >= 0.3 is 12.1 Å². The molecule has 40 heavy (non-hydrogen) atoms. The summed E-state index contributed by atoms with van der Waals surface area (Å²) in [4.78, 5) is 41.7. The van der Waals surface area contributed by atoms with Crippen LogP contribution in [0, 0.1) is 23.7 Å². The highest BCUT2D eigenvalue weighted by Crippen LogP contribution is 2.54. The van der Waals surface area contributed by atoms with E-state index in [9.17, 15) is 19.5 Å². The lowest BCUT2D eigenvalue weighted by atomic mass is 9.55. The number of carbonyl (C=O) groups is 3. The zero-order valence-electron chi connectivity index (χ0n) is 22.3. The molecule has 4 N–H and O–H groups in total. The Morgan fingerprint density at radius 2 is 1.62 bits per heavy atom. The summed E-state index contributed by atoms with van der Waals surface area (Å²) in [6, 6.07) is 16.4. The van der Waals surface area contributed by atoms with Crippen LogP contribution in [0.3, 0.4) is 0 Å². The van der Waals surface area contributed by atoms with Gasteiger partial charge in [0.25, 0.3) is 5.91 Å². The Hall–Kier alpha value is -4.07. The monoisotopic (exact) mass is 541 g/mol. The number of amides is 2. The quantitative estimate of drug-likeness (QED) is 0.275. The van der Waals surface area contributed by atoms with Crippen molar-refractivity contribution in [3.8, 4) is 0 Å². The summed E-state index contributed by atoms with van der Waals surface area (Å²) in [5, 5.41) is 16.0. The van der Waals surface area contributed by atoms with E-state index in [0.717, 1.165) is 59.5 Å². The molecule has 3 aromatic rings. The second kappa shape index (κ2) is 11.2. The molecule has 1 heterocycles. The Balaban J connectivity index is 1.23. The average Bonchev–Trinajstić information content (AvgIpc) is 3.33. The number of fused-ring (bicyclic) bond motifs is 1. The Kier molecular flexibility index (Phi) is 7.32. The third-order valence-electron chi connectivity index (χ3n) is 8.87. The number of carboxylic acid groups (broad SMARTS) is 1. The average molecular weight is 542 g/mol. The maximum absolute atomic E-state index is 13.6. The number of aromatic nitrogens is 1. The first-order valence-corrected chi connectivity index (χ1v) is 14.2. The van der Waals surface area contributed by atoms with Crippen molar-refractivity contribution in [1.82, 2.24) is 15.6 Å². The number of ether oxygens (including phenoxy) is 1. The van der Waals surface area contributed by atoms with Crippen LogP contribution in [0.15, 0.2) is 66.5 Å². The van der Waals surface area contributed by atoms with Gasteiger partial charge in [-0.25, -0.2) is 4.79 Å². The molecule has 0 radical (unpaired) electrons. The first kappa shape index (κ1) is 26.2. The predicted octanol–water partition coefficient (Wildman–Crippen LogP) is 5.26. The maximum atomic E-state index is 13.6. The van der Waals surface area contributed by atoms with Gasteiger partial charge in [-0.1, -0.05) is 48.5 Å². The molecule has 7 rings (SSSR count). The third-order valence-corrected chi connectivity index (χ3v) is 8.87. The van der Waals surface area contributed by atoms with Crippen LogP contribution in [0.25, 0.3) is 17.0 Å². The summed E-state index contributed by atoms with van der Waals surface area (Å²) < 4.78 is 6.01. The topological polar surface area (TPSA) is 121 Å². The summed E-state index contributed by atoms with van der Waals surface area (Å²) in [7, 11) is 0. The number of nitrogens with one attached hydrogen (secondary N) is 3. The van der Waals surface area contributed by atoms with Gasteiger partial charge in [0.15, 0.2) is 0 Å². The Bertz CT molecular complexity index is 1400. The molecule has 1 atom stereocenters. The van der Waals surface area contributed by atoms with Crippen molar-refractivity contribution in [1.29, 1.82) is 0 Å². The summed E-state index contributed by atoms with van der Waals surface area (Å²) >= 11 is 0. The highest BCUT2D eigenvalue weighted by Gasteiger charge is 2.50. The highest BCUT2D eigenvalue weighted by molar-refractivity contribution is 6.03. The molecule has 4 fully saturated rings. The van der Waals surface area contributed by atoms with Crippen LogP contribution in [0.5, 0.6) is 0 Å². The number of rotatable bonds is 9. The summed E-state index contributed by atoms with van der Waals surface area (Å²) in [6.07, 6.45) is 8.48. The Labute approximate surface area is 233 Å². The lowest BCUT2D eigenvalue weighted by Crippen LogP contribution is -2.51. The van der Waals surface area contributed by atoms with Crippen LogP contribution in [-0.4, -0.2) is 40.2 Å². The van der Waals surface area contributed by atoms with Gasteiger partial charge in [0.2, 0.25) is 0 Å². The number of aliphatic carboxylic acids is 1. The van der Waals surface area contributed by atoms with E-state index in [0.29, 0.717) is 18.3 Å². The first-order chi connectivity index (χ1) is 19.4. The van der Waals surface area contributed by atoms with E-state index in [2.05, 4.69) is 15.6 Å². The molecular weight excluding hydrogens is 506 g/mol. The zero-order chi connectivity index (χ0) is 27.6. The molecule has 208 valence electrons. The SMILES string of the molecule is O=C(O)CC(Cc1ccccc1)NC(=O)/C(=C\c1c[nH]c2ccccc12)NC(=O)OC1C2CC3CC(C2)CC1C3. The van der Waals surface area contributed by atoms with Gasteiger partial charge < -0.3 is 20.1 Å². The lowest BCUT2D eigenvalue weighted by molar-refractivity contribution is -0.137. The molecule has 0 saturated heterocycles. The minimum Gasteiger partial charge on any atom is -0.481 e. The number of hydrogen-bond donors (Lipinski definition) is 4. The van der Waals surface area contributed by atoms with E-state index in [1.165, 1.54) is 6.42 Å². The molecule has 0 spiro atoms. The highest BCUT2D eigenvalue weighted by atomic mass is 16.6. The van der Waals surface area contributed by atoms with Gasteiger partial charge in [-0.2, -0.15) is 0 Å². The van der Waals surface area contributed by atoms with E-state index >= 15 is 0 Å². The molecule has 0 aliphatic heterocycles. The van der Waals surface area contributed by atoms with Gasteiger partial charge in [0.05, 0.1) is 6.42 Å². The number of hydrogen-bond acceptors (Lipinski definition) is 4. The van der Waals surface area contributed by atoms with Crippen LogP contribution in [0.2, 0.25) is 0 Å². The fourth-order valence-corrected chi connectivity index (χ4v) is 7.40. The third kappa shape index (κ3) is 5.76. The number of aromatic amines is 1. The first-order valence-electron chi connectivity index (χ1n) is 14.2. The van der Waals surface area contributed by atoms with Gasteiger partial charge in [-0.15, -0.1) is 0 Å². The molecular formula is C32H35N3O5. The molecule has 4 aliphatic carbocycles. The van der Waals surface area contributed by atoms with E-state index in [-0.39, 0.29) is 18.2 Å². The molecule has 1 aromatic heterocycles. The van der Waals surface area contributed by atoms with Gasteiger partial charge in [0.1, 0.15) is 11.8 Å². The van der Waals surface area contributed by atoms with Gasteiger partial charge in [0, 0.05) is 28.7 Å². The Morgan fingerprint density at radius 1 is 0.950 bits per heavy atom.